The van der Waals surface area contributed by atoms with Crippen LogP contribution in [0.1, 0.15) is 23.9 Å². The van der Waals surface area contributed by atoms with Crippen molar-refractivity contribution in [1.29, 1.82) is 0 Å². The molecule has 32 heavy (non-hydrogen) atoms. The van der Waals surface area contributed by atoms with E-state index in [0.29, 0.717) is 17.5 Å². The van der Waals surface area contributed by atoms with Gasteiger partial charge in [-0.3, -0.25) is 9.59 Å². The molecule has 2 amide bonds. The number of aromatic nitrogens is 3. The smallest absolute Gasteiger partial charge is 0.234 e. The van der Waals surface area contributed by atoms with Gasteiger partial charge >= 0.3 is 0 Å². The van der Waals surface area contributed by atoms with Crippen LogP contribution in [0.4, 0.5) is 11.4 Å². The lowest BCUT2D eigenvalue weighted by molar-refractivity contribution is -0.116. The molecule has 8 heteroatoms. The van der Waals surface area contributed by atoms with Crippen LogP contribution in [-0.2, 0) is 29.0 Å². The average molecular weight is 450 g/mol. The highest BCUT2D eigenvalue weighted by Crippen LogP contribution is 2.19. The Bertz CT molecular complexity index is 1090. The normalized spacial score (nSPS) is 10.6. The number of thioether (sulfide) groups is 1. The fraction of sp³-hybridized carbons (Fsp3) is 0.250. The molecular weight excluding hydrogens is 422 g/mol. The number of amides is 2. The summed E-state index contributed by atoms with van der Waals surface area (Å²) in [6.07, 6.45) is 2.74. The standard InChI is InChI=1S/C24H27N5O2S/c1-4-14-29-21(15-22(30)26-20-9-7-6-8-17(20)3)27-28-24(29)32-16-23(31)25-19-12-10-18(5-2)11-13-19/h4,6-13H,1,5,14-16H2,2-3H3,(H,25,31)(H,26,30). The molecule has 0 aliphatic rings. The molecule has 0 unspecified atom stereocenters. The number of allylic oxidation sites excluding steroid dienone is 1. The predicted molar refractivity (Wildman–Crippen MR) is 129 cm³/mol. The summed E-state index contributed by atoms with van der Waals surface area (Å²) in [5, 5.41) is 14.7. The summed E-state index contributed by atoms with van der Waals surface area (Å²) in [6, 6.07) is 15.4. The number of hydrogen-bond acceptors (Lipinski definition) is 5. The molecule has 0 saturated heterocycles. The van der Waals surface area contributed by atoms with Crippen molar-refractivity contribution in [3.63, 3.8) is 0 Å². The lowest BCUT2D eigenvalue weighted by Gasteiger charge is -2.10. The number of nitrogens with one attached hydrogen (secondary N) is 2. The lowest BCUT2D eigenvalue weighted by atomic mass is 10.1. The highest BCUT2D eigenvalue weighted by atomic mass is 32.2. The second kappa shape index (κ2) is 11.3. The lowest BCUT2D eigenvalue weighted by Crippen LogP contribution is -2.18. The highest BCUT2D eigenvalue weighted by molar-refractivity contribution is 7.99. The zero-order valence-corrected chi connectivity index (χ0v) is 19.1. The van der Waals surface area contributed by atoms with Gasteiger partial charge in [0.2, 0.25) is 11.8 Å². The Morgan fingerprint density at radius 3 is 2.50 bits per heavy atom. The second-order valence-corrected chi connectivity index (χ2v) is 8.17. The number of carbonyl (C=O) groups is 2. The van der Waals surface area contributed by atoms with Crippen LogP contribution in [0.2, 0.25) is 0 Å². The molecular formula is C24H27N5O2S. The van der Waals surface area contributed by atoms with Crippen molar-refractivity contribution in [2.45, 2.75) is 38.4 Å². The van der Waals surface area contributed by atoms with Gasteiger partial charge < -0.3 is 15.2 Å². The number of anilines is 2. The summed E-state index contributed by atoms with van der Waals surface area (Å²) in [4.78, 5) is 24.9. The molecule has 0 radical (unpaired) electrons. The first-order valence-electron chi connectivity index (χ1n) is 10.4. The molecule has 0 bridgehead atoms. The molecule has 166 valence electrons. The SMILES string of the molecule is C=CCn1c(CC(=O)Nc2ccccc2C)nnc1SCC(=O)Nc1ccc(CC)cc1. The minimum atomic E-state index is -0.179. The molecule has 0 saturated carbocycles. The average Bonchev–Trinajstić information content (AvgIpc) is 3.16. The summed E-state index contributed by atoms with van der Waals surface area (Å²) in [5.74, 6) is 0.391. The minimum absolute atomic E-state index is 0.0751. The first-order valence-corrected chi connectivity index (χ1v) is 11.4. The molecule has 1 aromatic heterocycles. The third-order valence-electron chi connectivity index (χ3n) is 4.82. The maximum atomic E-state index is 12.5. The van der Waals surface area contributed by atoms with E-state index in [-0.39, 0.29) is 24.0 Å². The summed E-state index contributed by atoms with van der Waals surface area (Å²) in [6.45, 7) is 8.25. The summed E-state index contributed by atoms with van der Waals surface area (Å²) in [5.41, 5.74) is 3.73. The van der Waals surface area contributed by atoms with Gasteiger partial charge in [0, 0.05) is 17.9 Å². The Kier molecular flexibility index (Phi) is 8.21. The fourth-order valence-electron chi connectivity index (χ4n) is 3.07. The van der Waals surface area contributed by atoms with Crippen molar-refractivity contribution in [2.24, 2.45) is 0 Å². The Morgan fingerprint density at radius 2 is 1.81 bits per heavy atom. The largest absolute Gasteiger partial charge is 0.325 e. The number of carbonyl (C=O) groups excluding carboxylic acids is 2. The number of aryl methyl sites for hydroxylation is 2. The van der Waals surface area contributed by atoms with E-state index in [2.05, 4.69) is 34.3 Å². The van der Waals surface area contributed by atoms with Crippen LogP contribution in [-0.4, -0.2) is 32.3 Å². The van der Waals surface area contributed by atoms with Crippen molar-refractivity contribution in [3.8, 4) is 0 Å². The predicted octanol–water partition coefficient (Wildman–Crippen LogP) is 4.25. The van der Waals surface area contributed by atoms with E-state index in [4.69, 9.17) is 0 Å². The summed E-state index contributed by atoms with van der Waals surface area (Å²) >= 11 is 1.27. The second-order valence-electron chi connectivity index (χ2n) is 7.23. The minimum Gasteiger partial charge on any atom is -0.325 e. The number of nitrogens with zero attached hydrogens (tertiary/aromatic N) is 3. The van der Waals surface area contributed by atoms with E-state index in [1.807, 2.05) is 55.5 Å². The van der Waals surface area contributed by atoms with Gasteiger partial charge in [-0.05, 0) is 42.7 Å². The van der Waals surface area contributed by atoms with Gasteiger partial charge in [-0.2, -0.15) is 0 Å². The summed E-state index contributed by atoms with van der Waals surface area (Å²) < 4.78 is 1.80. The Labute approximate surface area is 192 Å². The van der Waals surface area contributed by atoms with Crippen molar-refractivity contribution >= 4 is 35.0 Å². The topological polar surface area (TPSA) is 88.9 Å². The van der Waals surface area contributed by atoms with Gasteiger partial charge in [-0.25, -0.2) is 0 Å². The van der Waals surface area contributed by atoms with Crippen LogP contribution in [0, 0.1) is 6.92 Å². The van der Waals surface area contributed by atoms with Gasteiger partial charge in [0.15, 0.2) is 5.16 Å². The van der Waals surface area contributed by atoms with E-state index in [1.165, 1.54) is 17.3 Å². The molecule has 0 atom stereocenters. The highest BCUT2D eigenvalue weighted by Gasteiger charge is 2.17. The molecule has 2 aromatic carbocycles. The molecule has 0 spiro atoms. The third kappa shape index (κ3) is 6.31. The third-order valence-corrected chi connectivity index (χ3v) is 5.79. The maximum Gasteiger partial charge on any atom is 0.234 e. The van der Waals surface area contributed by atoms with Crippen molar-refractivity contribution < 1.29 is 9.59 Å². The fourth-order valence-corrected chi connectivity index (χ4v) is 3.84. The first kappa shape index (κ1) is 23.3. The molecule has 3 aromatic rings. The van der Waals surface area contributed by atoms with E-state index < -0.39 is 0 Å². The van der Waals surface area contributed by atoms with E-state index >= 15 is 0 Å². The van der Waals surface area contributed by atoms with Crippen molar-refractivity contribution in [3.05, 3.63) is 78.1 Å². The van der Waals surface area contributed by atoms with Gasteiger partial charge in [-0.1, -0.05) is 55.1 Å². The quantitative estimate of drug-likeness (QED) is 0.357. The van der Waals surface area contributed by atoms with Crippen LogP contribution < -0.4 is 10.6 Å². The molecule has 0 fully saturated rings. The van der Waals surface area contributed by atoms with Crippen LogP contribution in [0.25, 0.3) is 0 Å². The van der Waals surface area contributed by atoms with Crippen LogP contribution in [0.3, 0.4) is 0 Å². The first-order chi connectivity index (χ1) is 15.5. The zero-order chi connectivity index (χ0) is 22.9. The van der Waals surface area contributed by atoms with Crippen LogP contribution >= 0.6 is 11.8 Å². The Morgan fingerprint density at radius 1 is 1.06 bits per heavy atom. The molecule has 1 heterocycles. The van der Waals surface area contributed by atoms with Gasteiger partial charge in [0.1, 0.15) is 5.82 Å². The number of rotatable bonds is 10. The van der Waals surface area contributed by atoms with Gasteiger partial charge in [0.05, 0.1) is 12.2 Å². The number of benzene rings is 2. The van der Waals surface area contributed by atoms with Crippen LogP contribution in [0.15, 0.2) is 66.3 Å². The molecule has 7 nitrogen and oxygen atoms in total. The van der Waals surface area contributed by atoms with Crippen molar-refractivity contribution in [2.75, 3.05) is 16.4 Å². The van der Waals surface area contributed by atoms with E-state index in [9.17, 15) is 9.59 Å². The summed E-state index contributed by atoms with van der Waals surface area (Å²) in [7, 11) is 0. The molecule has 0 aliphatic carbocycles. The molecule has 2 N–H and O–H groups in total. The number of para-hydroxylation sites is 1. The van der Waals surface area contributed by atoms with Gasteiger partial charge in [0.25, 0.3) is 0 Å². The number of hydrogen-bond donors (Lipinski definition) is 2. The van der Waals surface area contributed by atoms with Crippen LogP contribution in [0.5, 0.6) is 0 Å². The molecule has 3 rings (SSSR count). The van der Waals surface area contributed by atoms with Crippen molar-refractivity contribution in [1.82, 2.24) is 14.8 Å². The Balaban J connectivity index is 1.60. The van der Waals surface area contributed by atoms with Gasteiger partial charge in [-0.15, -0.1) is 16.8 Å². The molecule has 0 aliphatic heterocycles. The zero-order valence-electron chi connectivity index (χ0n) is 18.3. The van der Waals surface area contributed by atoms with E-state index in [1.54, 1.807) is 10.6 Å². The monoisotopic (exact) mass is 449 g/mol. The van der Waals surface area contributed by atoms with E-state index in [0.717, 1.165) is 23.4 Å². The maximum absolute atomic E-state index is 12.5. The Hall–Kier alpha value is -3.39.